The quantitative estimate of drug-likeness (QED) is 0.699. The fourth-order valence-corrected chi connectivity index (χ4v) is 1.77. The Morgan fingerprint density at radius 2 is 2.07 bits per heavy atom. The highest BCUT2D eigenvalue weighted by Gasteiger charge is 2.37. The molecular formula is C10H20N2O2. The van der Waals surface area contributed by atoms with Gasteiger partial charge in [-0.15, -0.1) is 0 Å². The van der Waals surface area contributed by atoms with E-state index in [4.69, 9.17) is 10.8 Å². The summed E-state index contributed by atoms with van der Waals surface area (Å²) in [5, 5.41) is 8.92. The third-order valence-corrected chi connectivity index (χ3v) is 3.00. The van der Waals surface area contributed by atoms with Crippen LogP contribution >= 0.6 is 0 Å². The van der Waals surface area contributed by atoms with Gasteiger partial charge in [0.2, 0.25) is 0 Å². The molecule has 1 aliphatic rings. The molecule has 4 heteroatoms. The molecule has 3 N–H and O–H groups in total. The van der Waals surface area contributed by atoms with Crippen LogP contribution in [-0.4, -0.2) is 41.1 Å². The van der Waals surface area contributed by atoms with E-state index in [1.165, 1.54) is 12.8 Å². The SMILES string of the molecule is CCCCN1CCC(N)(C(=O)O)CC1. The third-order valence-electron chi connectivity index (χ3n) is 3.00. The topological polar surface area (TPSA) is 66.6 Å². The molecule has 1 fully saturated rings. The molecule has 0 spiro atoms. The lowest BCUT2D eigenvalue weighted by atomic mass is 9.89. The molecule has 1 aliphatic heterocycles. The third kappa shape index (κ3) is 2.69. The number of hydrogen-bond acceptors (Lipinski definition) is 3. The van der Waals surface area contributed by atoms with Crippen LogP contribution in [0.15, 0.2) is 0 Å². The highest BCUT2D eigenvalue weighted by atomic mass is 16.4. The van der Waals surface area contributed by atoms with Crippen molar-refractivity contribution in [2.24, 2.45) is 5.73 Å². The van der Waals surface area contributed by atoms with Crippen molar-refractivity contribution in [3.05, 3.63) is 0 Å². The van der Waals surface area contributed by atoms with E-state index in [0.717, 1.165) is 19.6 Å². The molecule has 0 amide bonds. The van der Waals surface area contributed by atoms with Crippen molar-refractivity contribution in [1.29, 1.82) is 0 Å². The molecule has 4 nitrogen and oxygen atoms in total. The maximum absolute atomic E-state index is 10.9. The highest BCUT2D eigenvalue weighted by Crippen LogP contribution is 2.19. The Hall–Kier alpha value is -0.610. The molecule has 0 unspecified atom stereocenters. The first-order valence-corrected chi connectivity index (χ1v) is 5.33. The number of rotatable bonds is 4. The highest BCUT2D eigenvalue weighted by molar-refractivity contribution is 5.78. The minimum atomic E-state index is -0.970. The van der Waals surface area contributed by atoms with Crippen LogP contribution in [0.5, 0.6) is 0 Å². The first-order chi connectivity index (χ1) is 6.58. The van der Waals surface area contributed by atoms with E-state index in [1.807, 2.05) is 0 Å². The van der Waals surface area contributed by atoms with Gasteiger partial charge in [0.15, 0.2) is 0 Å². The van der Waals surface area contributed by atoms with Gasteiger partial charge in [0.1, 0.15) is 5.54 Å². The predicted octanol–water partition coefficient (Wildman–Crippen LogP) is 0.664. The Morgan fingerprint density at radius 1 is 1.50 bits per heavy atom. The fourth-order valence-electron chi connectivity index (χ4n) is 1.77. The van der Waals surface area contributed by atoms with Gasteiger partial charge in [0.05, 0.1) is 0 Å². The fraction of sp³-hybridized carbons (Fsp3) is 0.900. The van der Waals surface area contributed by atoms with Crippen molar-refractivity contribution in [1.82, 2.24) is 4.90 Å². The van der Waals surface area contributed by atoms with E-state index in [1.54, 1.807) is 0 Å². The molecule has 0 aromatic heterocycles. The maximum Gasteiger partial charge on any atom is 0.323 e. The Bertz CT molecular complexity index is 198. The molecule has 0 aromatic carbocycles. The van der Waals surface area contributed by atoms with E-state index >= 15 is 0 Å². The average Bonchev–Trinajstić information content (AvgIpc) is 2.17. The Kier molecular flexibility index (Phi) is 3.89. The summed E-state index contributed by atoms with van der Waals surface area (Å²) in [6, 6.07) is 0. The number of aliphatic carboxylic acids is 1. The lowest BCUT2D eigenvalue weighted by molar-refractivity contribution is -0.145. The maximum atomic E-state index is 10.9. The van der Waals surface area contributed by atoms with Crippen LogP contribution in [0.25, 0.3) is 0 Å². The summed E-state index contributed by atoms with van der Waals surface area (Å²) in [7, 11) is 0. The van der Waals surface area contributed by atoms with Crippen molar-refractivity contribution in [2.75, 3.05) is 19.6 Å². The Labute approximate surface area is 85.1 Å². The molecular weight excluding hydrogens is 180 g/mol. The number of unbranched alkanes of at least 4 members (excludes halogenated alkanes) is 1. The van der Waals surface area contributed by atoms with Crippen LogP contribution in [0.1, 0.15) is 32.6 Å². The van der Waals surface area contributed by atoms with E-state index in [2.05, 4.69) is 11.8 Å². The first-order valence-electron chi connectivity index (χ1n) is 5.33. The number of hydrogen-bond donors (Lipinski definition) is 2. The molecule has 0 atom stereocenters. The van der Waals surface area contributed by atoms with Gasteiger partial charge in [-0.3, -0.25) is 4.79 Å². The zero-order chi connectivity index (χ0) is 10.6. The van der Waals surface area contributed by atoms with Crippen LogP contribution in [0.2, 0.25) is 0 Å². The summed E-state index contributed by atoms with van der Waals surface area (Å²) in [6.45, 7) is 4.88. The molecule has 0 aromatic rings. The summed E-state index contributed by atoms with van der Waals surface area (Å²) in [5.41, 5.74) is 4.80. The van der Waals surface area contributed by atoms with E-state index in [9.17, 15) is 4.79 Å². The van der Waals surface area contributed by atoms with Crippen molar-refractivity contribution >= 4 is 5.97 Å². The molecule has 1 saturated heterocycles. The van der Waals surface area contributed by atoms with Crippen molar-refractivity contribution < 1.29 is 9.90 Å². The predicted molar refractivity (Wildman–Crippen MR) is 55.1 cm³/mol. The standard InChI is InChI=1S/C10H20N2O2/c1-2-3-6-12-7-4-10(11,5-8-12)9(13)14/h2-8,11H2,1H3,(H,13,14). The van der Waals surface area contributed by atoms with Crippen molar-refractivity contribution in [3.63, 3.8) is 0 Å². The van der Waals surface area contributed by atoms with Gasteiger partial charge >= 0.3 is 5.97 Å². The van der Waals surface area contributed by atoms with Crippen molar-refractivity contribution in [3.8, 4) is 0 Å². The van der Waals surface area contributed by atoms with Gasteiger partial charge in [0, 0.05) is 13.1 Å². The number of carboxylic acids is 1. The van der Waals surface area contributed by atoms with Gasteiger partial charge < -0.3 is 15.7 Å². The zero-order valence-corrected chi connectivity index (χ0v) is 8.83. The lowest BCUT2D eigenvalue weighted by Gasteiger charge is -2.36. The lowest BCUT2D eigenvalue weighted by Crippen LogP contribution is -2.55. The second-order valence-corrected chi connectivity index (χ2v) is 4.16. The van der Waals surface area contributed by atoms with E-state index < -0.39 is 11.5 Å². The molecule has 0 radical (unpaired) electrons. The zero-order valence-electron chi connectivity index (χ0n) is 8.83. The van der Waals surface area contributed by atoms with Crippen LogP contribution in [-0.2, 0) is 4.79 Å². The Balaban J connectivity index is 2.34. The summed E-state index contributed by atoms with van der Waals surface area (Å²) in [5.74, 6) is -0.854. The van der Waals surface area contributed by atoms with Crippen LogP contribution in [0.4, 0.5) is 0 Å². The van der Waals surface area contributed by atoms with Gasteiger partial charge in [-0.25, -0.2) is 0 Å². The largest absolute Gasteiger partial charge is 0.480 e. The van der Waals surface area contributed by atoms with Crippen LogP contribution in [0, 0.1) is 0 Å². The van der Waals surface area contributed by atoms with E-state index in [0.29, 0.717) is 12.8 Å². The van der Waals surface area contributed by atoms with Crippen LogP contribution < -0.4 is 5.73 Å². The van der Waals surface area contributed by atoms with Gasteiger partial charge in [0.25, 0.3) is 0 Å². The molecule has 0 saturated carbocycles. The Morgan fingerprint density at radius 3 is 2.50 bits per heavy atom. The van der Waals surface area contributed by atoms with Gasteiger partial charge in [-0.2, -0.15) is 0 Å². The minimum Gasteiger partial charge on any atom is -0.480 e. The van der Waals surface area contributed by atoms with E-state index in [-0.39, 0.29) is 0 Å². The minimum absolute atomic E-state index is 0.575. The summed E-state index contributed by atoms with van der Waals surface area (Å²) in [6.07, 6.45) is 3.52. The normalized spacial score (nSPS) is 22.1. The average molecular weight is 200 g/mol. The molecule has 0 bridgehead atoms. The summed E-state index contributed by atoms with van der Waals surface area (Å²) >= 11 is 0. The van der Waals surface area contributed by atoms with Crippen molar-refractivity contribution in [2.45, 2.75) is 38.1 Å². The molecule has 82 valence electrons. The second-order valence-electron chi connectivity index (χ2n) is 4.16. The molecule has 0 aliphatic carbocycles. The number of nitrogens with two attached hydrogens (primary N) is 1. The van der Waals surface area contributed by atoms with Gasteiger partial charge in [-0.05, 0) is 25.8 Å². The number of piperidine rings is 1. The second kappa shape index (κ2) is 4.75. The summed E-state index contributed by atoms with van der Waals surface area (Å²) < 4.78 is 0. The number of carbonyl (C=O) groups is 1. The molecule has 14 heavy (non-hydrogen) atoms. The number of carboxylic acid groups (broad SMARTS) is 1. The smallest absolute Gasteiger partial charge is 0.323 e. The first kappa shape index (κ1) is 11.5. The monoisotopic (exact) mass is 200 g/mol. The van der Waals surface area contributed by atoms with Crippen LogP contribution in [0.3, 0.4) is 0 Å². The number of likely N-dealkylation sites (tertiary alicyclic amines) is 1. The molecule has 1 heterocycles. The number of nitrogens with zero attached hydrogens (tertiary/aromatic N) is 1. The van der Waals surface area contributed by atoms with Gasteiger partial charge in [-0.1, -0.05) is 13.3 Å². The molecule has 1 rings (SSSR count). The summed E-state index contributed by atoms with van der Waals surface area (Å²) in [4.78, 5) is 13.2.